The molecular formula is C15H18N2O2S. The summed E-state index contributed by atoms with van der Waals surface area (Å²) in [5.74, 6) is 0.685. The Labute approximate surface area is 122 Å². The molecule has 20 heavy (non-hydrogen) atoms. The van der Waals surface area contributed by atoms with E-state index in [4.69, 9.17) is 4.74 Å². The van der Waals surface area contributed by atoms with E-state index in [1.807, 2.05) is 18.2 Å². The molecule has 2 N–H and O–H groups in total. The standard InChI is InChI=1S/C15H18N2O2S/c1-11(18)17-12-5-6-15(19-2)14(10-12)16-8-7-13-4-3-9-20-13/h3-6,9-10,16H,7-8H2,1-2H3,(H,17,18). The smallest absolute Gasteiger partial charge is 0.221 e. The molecule has 0 fully saturated rings. The van der Waals surface area contributed by atoms with E-state index in [-0.39, 0.29) is 5.91 Å². The lowest BCUT2D eigenvalue weighted by atomic mass is 10.2. The van der Waals surface area contributed by atoms with Crippen molar-refractivity contribution in [3.8, 4) is 5.75 Å². The van der Waals surface area contributed by atoms with Crippen LogP contribution in [0.4, 0.5) is 11.4 Å². The van der Waals surface area contributed by atoms with Crippen LogP contribution in [0.25, 0.3) is 0 Å². The van der Waals surface area contributed by atoms with Gasteiger partial charge in [-0.15, -0.1) is 11.3 Å². The van der Waals surface area contributed by atoms with Crippen molar-refractivity contribution in [2.75, 3.05) is 24.3 Å². The fourth-order valence-corrected chi connectivity index (χ4v) is 2.61. The number of amides is 1. The third kappa shape index (κ3) is 3.99. The lowest BCUT2D eigenvalue weighted by molar-refractivity contribution is -0.114. The summed E-state index contributed by atoms with van der Waals surface area (Å²) in [6.07, 6.45) is 0.963. The Morgan fingerprint density at radius 2 is 2.20 bits per heavy atom. The van der Waals surface area contributed by atoms with Crippen LogP contribution in [0.5, 0.6) is 5.75 Å². The van der Waals surface area contributed by atoms with Crippen LogP contribution in [0.15, 0.2) is 35.7 Å². The molecule has 1 heterocycles. The van der Waals surface area contributed by atoms with E-state index in [1.54, 1.807) is 18.4 Å². The molecule has 0 atom stereocenters. The second-order valence-electron chi connectivity index (χ2n) is 4.35. The third-order valence-corrected chi connectivity index (χ3v) is 3.72. The van der Waals surface area contributed by atoms with E-state index in [0.717, 1.165) is 30.1 Å². The zero-order valence-electron chi connectivity index (χ0n) is 11.6. The van der Waals surface area contributed by atoms with E-state index in [0.29, 0.717) is 0 Å². The van der Waals surface area contributed by atoms with Gasteiger partial charge >= 0.3 is 0 Å². The molecule has 0 aliphatic heterocycles. The summed E-state index contributed by atoms with van der Waals surface area (Å²) in [7, 11) is 1.64. The molecule has 0 spiro atoms. The second kappa shape index (κ2) is 6.96. The van der Waals surface area contributed by atoms with Gasteiger partial charge in [0.1, 0.15) is 5.75 Å². The van der Waals surface area contributed by atoms with Crippen LogP contribution in [-0.4, -0.2) is 19.6 Å². The summed E-state index contributed by atoms with van der Waals surface area (Å²) in [5.41, 5.74) is 1.65. The van der Waals surface area contributed by atoms with Crippen molar-refractivity contribution in [3.05, 3.63) is 40.6 Å². The van der Waals surface area contributed by atoms with Crippen molar-refractivity contribution >= 4 is 28.6 Å². The minimum absolute atomic E-state index is 0.0836. The maximum absolute atomic E-state index is 11.1. The van der Waals surface area contributed by atoms with Gasteiger partial charge in [-0.1, -0.05) is 6.07 Å². The first kappa shape index (κ1) is 14.4. The number of carbonyl (C=O) groups excluding carboxylic acids is 1. The largest absolute Gasteiger partial charge is 0.495 e. The summed E-state index contributed by atoms with van der Waals surface area (Å²) in [6.45, 7) is 2.31. The number of rotatable bonds is 6. The van der Waals surface area contributed by atoms with Gasteiger partial charge < -0.3 is 15.4 Å². The molecule has 5 heteroatoms. The van der Waals surface area contributed by atoms with E-state index >= 15 is 0 Å². The predicted octanol–water partition coefficient (Wildman–Crippen LogP) is 3.37. The molecule has 4 nitrogen and oxygen atoms in total. The number of carbonyl (C=O) groups is 1. The second-order valence-corrected chi connectivity index (χ2v) is 5.38. The molecule has 0 bridgehead atoms. The highest BCUT2D eigenvalue weighted by Gasteiger charge is 2.05. The Hall–Kier alpha value is -2.01. The fourth-order valence-electron chi connectivity index (χ4n) is 1.90. The molecule has 0 radical (unpaired) electrons. The maximum atomic E-state index is 11.1. The zero-order valence-corrected chi connectivity index (χ0v) is 12.4. The van der Waals surface area contributed by atoms with Crippen LogP contribution >= 0.6 is 11.3 Å². The van der Waals surface area contributed by atoms with Crippen LogP contribution in [0, 0.1) is 0 Å². The average Bonchev–Trinajstić information content (AvgIpc) is 2.91. The zero-order chi connectivity index (χ0) is 14.4. The van der Waals surface area contributed by atoms with Crippen molar-refractivity contribution in [3.63, 3.8) is 0 Å². The molecular weight excluding hydrogens is 272 g/mol. The Morgan fingerprint density at radius 3 is 2.85 bits per heavy atom. The molecule has 1 amide bonds. The molecule has 0 aliphatic carbocycles. The molecule has 1 aromatic heterocycles. The Kier molecular flexibility index (Phi) is 5.01. The van der Waals surface area contributed by atoms with Crippen molar-refractivity contribution < 1.29 is 9.53 Å². The van der Waals surface area contributed by atoms with Crippen molar-refractivity contribution in [1.29, 1.82) is 0 Å². The monoisotopic (exact) mass is 290 g/mol. The van der Waals surface area contributed by atoms with Crippen LogP contribution in [0.1, 0.15) is 11.8 Å². The average molecular weight is 290 g/mol. The minimum atomic E-state index is -0.0836. The summed E-state index contributed by atoms with van der Waals surface area (Å²) >= 11 is 1.75. The van der Waals surface area contributed by atoms with Crippen LogP contribution in [0.2, 0.25) is 0 Å². The summed E-state index contributed by atoms with van der Waals surface area (Å²) < 4.78 is 5.32. The van der Waals surface area contributed by atoms with Crippen LogP contribution < -0.4 is 15.4 Å². The lowest BCUT2D eigenvalue weighted by Crippen LogP contribution is -2.08. The molecule has 0 saturated heterocycles. The Bertz CT molecular complexity index is 567. The number of methoxy groups -OCH3 is 1. The summed E-state index contributed by atoms with van der Waals surface area (Å²) in [6, 6.07) is 9.73. The summed E-state index contributed by atoms with van der Waals surface area (Å²) in [5, 5.41) is 8.19. The molecule has 0 aliphatic rings. The first-order valence-corrected chi connectivity index (χ1v) is 7.29. The molecule has 0 unspecified atom stereocenters. The highest BCUT2D eigenvalue weighted by molar-refractivity contribution is 7.09. The molecule has 2 aromatic rings. The number of anilines is 2. The van der Waals surface area contributed by atoms with Gasteiger partial charge in [0.25, 0.3) is 0 Å². The number of hydrogen-bond acceptors (Lipinski definition) is 4. The van der Waals surface area contributed by atoms with E-state index in [9.17, 15) is 4.79 Å². The van der Waals surface area contributed by atoms with Gasteiger partial charge in [0, 0.05) is 24.0 Å². The van der Waals surface area contributed by atoms with E-state index < -0.39 is 0 Å². The van der Waals surface area contributed by atoms with Gasteiger partial charge in [-0.25, -0.2) is 0 Å². The number of benzene rings is 1. The maximum Gasteiger partial charge on any atom is 0.221 e. The van der Waals surface area contributed by atoms with E-state index in [1.165, 1.54) is 11.8 Å². The van der Waals surface area contributed by atoms with Gasteiger partial charge in [0.15, 0.2) is 0 Å². The Balaban J connectivity index is 2.02. The quantitative estimate of drug-likeness (QED) is 0.857. The molecule has 2 rings (SSSR count). The van der Waals surface area contributed by atoms with E-state index in [2.05, 4.69) is 28.1 Å². The van der Waals surface area contributed by atoms with Gasteiger partial charge in [-0.05, 0) is 36.1 Å². The molecule has 1 aromatic carbocycles. The first-order chi connectivity index (χ1) is 9.69. The number of hydrogen-bond donors (Lipinski definition) is 2. The molecule has 0 saturated carbocycles. The number of ether oxygens (including phenoxy) is 1. The van der Waals surface area contributed by atoms with Crippen molar-refractivity contribution in [2.45, 2.75) is 13.3 Å². The highest BCUT2D eigenvalue weighted by Crippen LogP contribution is 2.27. The van der Waals surface area contributed by atoms with Crippen molar-refractivity contribution in [1.82, 2.24) is 0 Å². The number of nitrogens with one attached hydrogen (secondary N) is 2. The third-order valence-electron chi connectivity index (χ3n) is 2.79. The number of thiophene rings is 1. The van der Waals surface area contributed by atoms with Crippen molar-refractivity contribution in [2.24, 2.45) is 0 Å². The normalized spacial score (nSPS) is 10.1. The lowest BCUT2D eigenvalue weighted by Gasteiger charge is -2.13. The van der Waals surface area contributed by atoms with Gasteiger partial charge in [-0.2, -0.15) is 0 Å². The van der Waals surface area contributed by atoms with Gasteiger partial charge in [-0.3, -0.25) is 4.79 Å². The highest BCUT2D eigenvalue weighted by atomic mass is 32.1. The minimum Gasteiger partial charge on any atom is -0.495 e. The Morgan fingerprint density at radius 1 is 1.35 bits per heavy atom. The fraction of sp³-hybridized carbons (Fsp3) is 0.267. The molecule has 106 valence electrons. The predicted molar refractivity (Wildman–Crippen MR) is 83.8 cm³/mol. The van der Waals surface area contributed by atoms with Crippen LogP contribution in [-0.2, 0) is 11.2 Å². The topological polar surface area (TPSA) is 50.4 Å². The SMILES string of the molecule is COc1ccc(NC(C)=O)cc1NCCc1cccs1. The van der Waals surface area contributed by atoms with Crippen LogP contribution in [0.3, 0.4) is 0 Å². The van der Waals surface area contributed by atoms with Gasteiger partial charge in [0.2, 0.25) is 5.91 Å². The summed E-state index contributed by atoms with van der Waals surface area (Å²) in [4.78, 5) is 12.4. The first-order valence-electron chi connectivity index (χ1n) is 6.41. The van der Waals surface area contributed by atoms with Gasteiger partial charge in [0.05, 0.1) is 12.8 Å².